The van der Waals surface area contributed by atoms with Gasteiger partial charge in [0.25, 0.3) is 0 Å². The van der Waals surface area contributed by atoms with Gasteiger partial charge in [-0.25, -0.2) is 9.78 Å². The third-order valence-corrected chi connectivity index (χ3v) is 2.30. The van der Waals surface area contributed by atoms with E-state index >= 15 is 0 Å². The molecule has 1 aromatic rings. The number of amides is 2. The summed E-state index contributed by atoms with van der Waals surface area (Å²) in [6, 6.07) is -0.503. The van der Waals surface area contributed by atoms with Crippen molar-refractivity contribution in [3.8, 4) is 0 Å². The summed E-state index contributed by atoms with van der Waals surface area (Å²) in [5, 5.41) is 13.3. The summed E-state index contributed by atoms with van der Waals surface area (Å²) in [4.78, 5) is 27.1. The summed E-state index contributed by atoms with van der Waals surface area (Å²) in [5.74, 6) is -1.07. The van der Waals surface area contributed by atoms with Crippen LogP contribution in [0.15, 0.2) is 24.2 Å². The highest BCUT2D eigenvalue weighted by Crippen LogP contribution is 2.11. The van der Waals surface area contributed by atoms with Gasteiger partial charge >= 0.3 is 12.0 Å². The SMILES string of the molecule is C=CCN(CC(=O)O)C(=O)Nc1nccs1. The Morgan fingerprint density at radius 2 is 2.44 bits per heavy atom. The van der Waals surface area contributed by atoms with Gasteiger partial charge in [-0.2, -0.15) is 0 Å². The van der Waals surface area contributed by atoms with Crippen LogP contribution in [0.25, 0.3) is 0 Å². The number of nitrogens with zero attached hydrogens (tertiary/aromatic N) is 2. The number of nitrogens with one attached hydrogen (secondary N) is 1. The van der Waals surface area contributed by atoms with Crippen molar-refractivity contribution in [3.63, 3.8) is 0 Å². The Kier molecular flexibility index (Phi) is 4.46. The normalized spacial score (nSPS) is 9.50. The molecule has 0 radical (unpaired) electrons. The highest BCUT2D eigenvalue weighted by atomic mass is 32.1. The van der Waals surface area contributed by atoms with Crippen molar-refractivity contribution < 1.29 is 14.7 Å². The van der Waals surface area contributed by atoms with E-state index in [1.54, 1.807) is 11.6 Å². The lowest BCUT2D eigenvalue weighted by molar-refractivity contribution is -0.137. The second-order valence-corrected chi connectivity index (χ2v) is 3.72. The molecule has 0 fully saturated rings. The number of aliphatic carboxylic acids is 1. The highest BCUT2D eigenvalue weighted by Gasteiger charge is 2.15. The van der Waals surface area contributed by atoms with Gasteiger partial charge in [-0.1, -0.05) is 6.08 Å². The van der Waals surface area contributed by atoms with Crippen LogP contribution in [-0.4, -0.2) is 40.1 Å². The molecule has 7 heteroatoms. The van der Waals surface area contributed by atoms with E-state index in [2.05, 4.69) is 16.9 Å². The Labute approximate surface area is 96.2 Å². The van der Waals surface area contributed by atoms with Crippen molar-refractivity contribution in [3.05, 3.63) is 24.2 Å². The molecule has 0 spiro atoms. The van der Waals surface area contributed by atoms with E-state index in [0.717, 1.165) is 4.90 Å². The second-order valence-electron chi connectivity index (χ2n) is 2.83. The van der Waals surface area contributed by atoms with Gasteiger partial charge in [0.05, 0.1) is 0 Å². The van der Waals surface area contributed by atoms with Crippen LogP contribution >= 0.6 is 11.3 Å². The Hall–Kier alpha value is -1.89. The fraction of sp³-hybridized carbons (Fsp3) is 0.222. The molecule has 6 nitrogen and oxygen atoms in total. The largest absolute Gasteiger partial charge is 0.480 e. The number of carboxylic acid groups (broad SMARTS) is 1. The molecule has 0 bridgehead atoms. The molecule has 1 heterocycles. The minimum atomic E-state index is -1.07. The van der Waals surface area contributed by atoms with Gasteiger partial charge in [0.2, 0.25) is 0 Å². The number of carbonyl (C=O) groups is 2. The van der Waals surface area contributed by atoms with Crippen molar-refractivity contribution in [2.45, 2.75) is 0 Å². The van der Waals surface area contributed by atoms with E-state index in [0.29, 0.717) is 5.13 Å². The van der Waals surface area contributed by atoms with E-state index in [4.69, 9.17) is 5.11 Å². The monoisotopic (exact) mass is 241 g/mol. The maximum Gasteiger partial charge on any atom is 0.324 e. The topological polar surface area (TPSA) is 82.5 Å². The predicted molar refractivity (Wildman–Crippen MR) is 60.5 cm³/mol. The van der Waals surface area contributed by atoms with E-state index in [9.17, 15) is 9.59 Å². The molecule has 1 aromatic heterocycles. The first kappa shape index (κ1) is 12.2. The van der Waals surface area contributed by atoms with Crippen LogP contribution in [0.1, 0.15) is 0 Å². The first-order valence-electron chi connectivity index (χ1n) is 4.41. The number of anilines is 1. The zero-order valence-electron chi connectivity index (χ0n) is 8.42. The van der Waals surface area contributed by atoms with Gasteiger partial charge < -0.3 is 10.0 Å². The zero-order valence-corrected chi connectivity index (χ0v) is 9.24. The van der Waals surface area contributed by atoms with Crippen LogP contribution in [0, 0.1) is 0 Å². The molecule has 0 aliphatic rings. The Morgan fingerprint density at radius 3 is 2.94 bits per heavy atom. The fourth-order valence-electron chi connectivity index (χ4n) is 0.994. The molecule has 0 saturated heterocycles. The van der Waals surface area contributed by atoms with E-state index in [1.165, 1.54) is 17.4 Å². The van der Waals surface area contributed by atoms with Gasteiger partial charge in [0.1, 0.15) is 6.54 Å². The van der Waals surface area contributed by atoms with E-state index in [-0.39, 0.29) is 13.1 Å². The van der Waals surface area contributed by atoms with Crippen molar-refractivity contribution in [2.75, 3.05) is 18.4 Å². The number of carboxylic acids is 1. The second kappa shape index (κ2) is 5.86. The Morgan fingerprint density at radius 1 is 1.69 bits per heavy atom. The molecular formula is C9H11N3O3S. The van der Waals surface area contributed by atoms with Crippen molar-refractivity contribution in [2.24, 2.45) is 0 Å². The number of carbonyl (C=O) groups excluding carboxylic acids is 1. The van der Waals surface area contributed by atoms with Gasteiger partial charge in [0.15, 0.2) is 5.13 Å². The first-order chi connectivity index (χ1) is 7.63. The van der Waals surface area contributed by atoms with E-state index < -0.39 is 12.0 Å². The molecule has 0 aromatic carbocycles. The lowest BCUT2D eigenvalue weighted by Crippen LogP contribution is -2.38. The number of urea groups is 1. The molecular weight excluding hydrogens is 230 g/mol. The third kappa shape index (κ3) is 3.70. The quantitative estimate of drug-likeness (QED) is 0.760. The van der Waals surface area contributed by atoms with Crippen LogP contribution in [-0.2, 0) is 4.79 Å². The van der Waals surface area contributed by atoms with Crippen LogP contribution in [0.4, 0.5) is 9.93 Å². The summed E-state index contributed by atoms with van der Waals surface area (Å²) >= 11 is 1.26. The average molecular weight is 241 g/mol. The summed E-state index contributed by atoms with van der Waals surface area (Å²) < 4.78 is 0. The van der Waals surface area contributed by atoms with E-state index in [1.807, 2.05) is 0 Å². The molecule has 2 N–H and O–H groups in total. The molecule has 86 valence electrons. The summed E-state index contributed by atoms with van der Waals surface area (Å²) in [7, 11) is 0. The molecule has 16 heavy (non-hydrogen) atoms. The molecule has 0 atom stereocenters. The van der Waals surface area contributed by atoms with Crippen molar-refractivity contribution >= 4 is 28.5 Å². The Bertz CT molecular complexity index is 377. The average Bonchev–Trinajstić information content (AvgIpc) is 2.69. The van der Waals surface area contributed by atoms with Gasteiger partial charge in [-0.3, -0.25) is 10.1 Å². The molecule has 0 unspecified atom stereocenters. The molecule has 0 aliphatic heterocycles. The van der Waals surface area contributed by atoms with Gasteiger partial charge in [-0.15, -0.1) is 17.9 Å². The highest BCUT2D eigenvalue weighted by molar-refractivity contribution is 7.13. The lowest BCUT2D eigenvalue weighted by atomic mass is 10.5. The van der Waals surface area contributed by atoms with Crippen LogP contribution < -0.4 is 5.32 Å². The fourth-order valence-corrected chi connectivity index (χ4v) is 1.51. The minimum absolute atomic E-state index is 0.170. The van der Waals surface area contributed by atoms with Gasteiger partial charge in [-0.05, 0) is 0 Å². The number of thiazole rings is 1. The standard InChI is InChI=1S/C9H11N3O3S/c1-2-4-12(6-7(13)14)9(15)11-8-10-3-5-16-8/h2-3,5H,1,4,6H2,(H,13,14)(H,10,11,15). The van der Waals surface area contributed by atoms with Crippen LogP contribution in [0.5, 0.6) is 0 Å². The zero-order chi connectivity index (χ0) is 12.0. The molecule has 0 saturated carbocycles. The number of rotatable bonds is 5. The molecule has 1 rings (SSSR count). The molecule has 0 aliphatic carbocycles. The lowest BCUT2D eigenvalue weighted by Gasteiger charge is -2.18. The third-order valence-electron chi connectivity index (χ3n) is 1.61. The predicted octanol–water partition coefficient (Wildman–Crippen LogP) is 1.25. The van der Waals surface area contributed by atoms with Gasteiger partial charge in [0, 0.05) is 18.1 Å². The summed E-state index contributed by atoms with van der Waals surface area (Å²) in [6.45, 7) is 3.26. The smallest absolute Gasteiger partial charge is 0.324 e. The van der Waals surface area contributed by atoms with Crippen molar-refractivity contribution in [1.29, 1.82) is 0 Å². The Balaban J connectivity index is 2.59. The maximum atomic E-state index is 11.6. The van der Waals surface area contributed by atoms with Crippen LogP contribution in [0.2, 0.25) is 0 Å². The number of aromatic nitrogens is 1. The van der Waals surface area contributed by atoms with Crippen molar-refractivity contribution in [1.82, 2.24) is 9.88 Å². The minimum Gasteiger partial charge on any atom is -0.480 e. The maximum absolute atomic E-state index is 11.6. The summed E-state index contributed by atoms with van der Waals surface area (Å²) in [6.07, 6.45) is 3.01. The molecule has 2 amide bonds. The summed E-state index contributed by atoms with van der Waals surface area (Å²) in [5.41, 5.74) is 0. The number of hydrogen-bond acceptors (Lipinski definition) is 4. The number of hydrogen-bond donors (Lipinski definition) is 2. The van der Waals surface area contributed by atoms with Crippen LogP contribution in [0.3, 0.4) is 0 Å². The first-order valence-corrected chi connectivity index (χ1v) is 5.29.